The van der Waals surface area contributed by atoms with Crippen molar-refractivity contribution in [2.45, 2.75) is 58.7 Å². The summed E-state index contributed by atoms with van der Waals surface area (Å²) in [4.78, 5) is 18.7. The van der Waals surface area contributed by atoms with Crippen LogP contribution in [0.15, 0.2) is 30.7 Å². The lowest BCUT2D eigenvalue weighted by molar-refractivity contribution is 0.0470. The smallest absolute Gasteiger partial charge is 0.407 e. The number of carbonyl (C=O) groups excluding carboxylic acids is 1. The molecule has 28 heavy (non-hydrogen) atoms. The van der Waals surface area contributed by atoms with Crippen molar-refractivity contribution in [1.82, 2.24) is 19.8 Å². The van der Waals surface area contributed by atoms with Crippen LogP contribution >= 0.6 is 0 Å². The molecule has 0 aliphatic carbocycles. The van der Waals surface area contributed by atoms with E-state index in [0.717, 1.165) is 55.1 Å². The van der Waals surface area contributed by atoms with Gasteiger partial charge in [0.15, 0.2) is 0 Å². The fourth-order valence-corrected chi connectivity index (χ4v) is 3.55. The number of anilines is 1. The number of hydrogen-bond donors (Lipinski definition) is 2. The number of hydrogen-bond acceptors (Lipinski definition) is 5. The van der Waals surface area contributed by atoms with Gasteiger partial charge in [0.1, 0.15) is 5.60 Å². The molecule has 7 heteroatoms. The first kappa shape index (κ1) is 20.2. The zero-order valence-corrected chi connectivity index (χ0v) is 17.2. The SMILES string of the molecule is Cc1cn(-c2cc(N)cc(CN3CCCC(NC(=O)OC(C)(C)C)C3)c2)cn1. The third-order valence-corrected chi connectivity index (χ3v) is 4.64. The van der Waals surface area contributed by atoms with Crippen molar-refractivity contribution in [3.8, 4) is 5.69 Å². The van der Waals surface area contributed by atoms with Gasteiger partial charge in [0.2, 0.25) is 0 Å². The molecule has 1 atom stereocenters. The maximum absolute atomic E-state index is 12.1. The number of rotatable bonds is 4. The number of nitrogens with zero attached hydrogens (tertiary/aromatic N) is 3. The third kappa shape index (κ3) is 5.73. The topological polar surface area (TPSA) is 85.4 Å². The molecule has 1 aromatic heterocycles. The summed E-state index contributed by atoms with van der Waals surface area (Å²) >= 11 is 0. The highest BCUT2D eigenvalue weighted by Gasteiger charge is 2.24. The van der Waals surface area contributed by atoms with Crippen molar-refractivity contribution in [1.29, 1.82) is 0 Å². The third-order valence-electron chi connectivity index (χ3n) is 4.64. The molecule has 1 fully saturated rings. The highest BCUT2D eigenvalue weighted by molar-refractivity contribution is 5.68. The number of aromatic nitrogens is 2. The van der Waals surface area contributed by atoms with E-state index in [1.54, 1.807) is 6.33 Å². The van der Waals surface area contributed by atoms with Crippen molar-refractivity contribution < 1.29 is 9.53 Å². The van der Waals surface area contributed by atoms with Crippen molar-refractivity contribution in [2.24, 2.45) is 0 Å². The van der Waals surface area contributed by atoms with Crippen LogP contribution in [0.2, 0.25) is 0 Å². The molecule has 2 heterocycles. The number of piperidine rings is 1. The molecule has 1 unspecified atom stereocenters. The number of nitrogens with one attached hydrogen (secondary N) is 1. The van der Waals surface area contributed by atoms with E-state index in [9.17, 15) is 4.79 Å². The predicted molar refractivity (Wildman–Crippen MR) is 110 cm³/mol. The number of likely N-dealkylation sites (tertiary alicyclic amines) is 1. The van der Waals surface area contributed by atoms with Crippen LogP contribution in [0, 0.1) is 6.92 Å². The Morgan fingerprint density at radius 2 is 2.14 bits per heavy atom. The lowest BCUT2D eigenvalue weighted by Crippen LogP contribution is -2.48. The lowest BCUT2D eigenvalue weighted by Gasteiger charge is -2.33. The van der Waals surface area contributed by atoms with E-state index in [1.807, 2.05) is 50.6 Å². The summed E-state index contributed by atoms with van der Waals surface area (Å²) in [5, 5.41) is 3.00. The molecule has 1 saturated heterocycles. The van der Waals surface area contributed by atoms with E-state index in [1.165, 1.54) is 0 Å². The Kier molecular flexibility index (Phi) is 5.93. The van der Waals surface area contributed by atoms with Gasteiger partial charge in [-0.05, 0) is 70.8 Å². The Labute approximate surface area is 166 Å². The Morgan fingerprint density at radius 1 is 1.36 bits per heavy atom. The van der Waals surface area contributed by atoms with E-state index in [-0.39, 0.29) is 12.1 Å². The van der Waals surface area contributed by atoms with Crippen LogP contribution in [0.1, 0.15) is 44.9 Å². The minimum atomic E-state index is -0.484. The first-order chi connectivity index (χ1) is 13.2. The second-order valence-electron chi connectivity index (χ2n) is 8.58. The summed E-state index contributed by atoms with van der Waals surface area (Å²) in [5.74, 6) is 0. The van der Waals surface area contributed by atoms with Crippen LogP contribution in [0.5, 0.6) is 0 Å². The molecular formula is C21H31N5O2. The molecule has 1 aliphatic heterocycles. The molecule has 2 aromatic rings. The van der Waals surface area contributed by atoms with Gasteiger partial charge in [-0.2, -0.15) is 0 Å². The Bertz CT molecular complexity index is 824. The largest absolute Gasteiger partial charge is 0.444 e. The number of amides is 1. The molecule has 0 spiro atoms. The summed E-state index contributed by atoms with van der Waals surface area (Å²) in [6.45, 7) is 10.2. The first-order valence-corrected chi connectivity index (χ1v) is 9.80. The van der Waals surface area contributed by atoms with E-state index in [2.05, 4.69) is 21.3 Å². The van der Waals surface area contributed by atoms with Crippen LogP contribution in [0.4, 0.5) is 10.5 Å². The normalized spacial score (nSPS) is 18.1. The van der Waals surface area contributed by atoms with Crippen molar-refractivity contribution >= 4 is 11.8 Å². The van der Waals surface area contributed by atoms with Crippen LogP contribution in [-0.4, -0.2) is 45.3 Å². The standard InChI is InChI=1S/C21H31N5O2/c1-15-11-26(14-23-15)19-9-16(8-17(22)10-19)12-25-7-5-6-18(13-25)24-20(27)28-21(2,3)4/h8-11,14,18H,5-7,12-13,22H2,1-4H3,(H,24,27). The molecule has 3 N–H and O–H groups in total. The number of benzene rings is 1. The van der Waals surface area contributed by atoms with Gasteiger partial charge in [-0.25, -0.2) is 9.78 Å². The molecule has 7 nitrogen and oxygen atoms in total. The number of nitrogens with two attached hydrogens (primary N) is 1. The average molecular weight is 386 g/mol. The minimum Gasteiger partial charge on any atom is -0.444 e. The molecular weight excluding hydrogens is 354 g/mol. The summed E-state index contributed by atoms with van der Waals surface area (Å²) in [5.41, 5.74) is 9.52. The number of aryl methyl sites for hydroxylation is 1. The maximum Gasteiger partial charge on any atom is 0.407 e. The molecule has 1 aromatic carbocycles. The number of imidazole rings is 1. The molecule has 3 rings (SSSR count). The number of carbonyl (C=O) groups is 1. The van der Waals surface area contributed by atoms with Gasteiger partial charge in [0, 0.05) is 36.7 Å². The fourth-order valence-electron chi connectivity index (χ4n) is 3.55. The van der Waals surface area contributed by atoms with E-state index in [4.69, 9.17) is 10.5 Å². The van der Waals surface area contributed by atoms with Gasteiger partial charge in [-0.1, -0.05) is 0 Å². The van der Waals surface area contributed by atoms with Gasteiger partial charge < -0.3 is 20.4 Å². The predicted octanol–water partition coefficient (Wildman–Crippen LogP) is 3.25. The molecule has 152 valence electrons. The summed E-state index contributed by atoms with van der Waals surface area (Å²) < 4.78 is 7.37. The van der Waals surface area contributed by atoms with Gasteiger partial charge in [-0.15, -0.1) is 0 Å². The Balaban J connectivity index is 1.63. The van der Waals surface area contributed by atoms with Crippen LogP contribution < -0.4 is 11.1 Å². The molecule has 0 radical (unpaired) electrons. The second kappa shape index (κ2) is 8.22. The van der Waals surface area contributed by atoms with Gasteiger partial charge >= 0.3 is 6.09 Å². The Morgan fingerprint density at radius 3 is 2.82 bits per heavy atom. The van der Waals surface area contributed by atoms with Crippen LogP contribution in [0.3, 0.4) is 0 Å². The summed E-state index contributed by atoms with van der Waals surface area (Å²) in [6.07, 6.45) is 5.44. The fraction of sp³-hybridized carbons (Fsp3) is 0.524. The van der Waals surface area contributed by atoms with Crippen LogP contribution in [-0.2, 0) is 11.3 Å². The van der Waals surface area contributed by atoms with Crippen molar-refractivity contribution in [2.75, 3.05) is 18.8 Å². The monoisotopic (exact) mass is 385 g/mol. The second-order valence-corrected chi connectivity index (χ2v) is 8.58. The zero-order valence-electron chi connectivity index (χ0n) is 17.2. The quantitative estimate of drug-likeness (QED) is 0.789. The number of ether oxygens (including phenoxy) is 1. The van der Waals surface area contributed by atoms with Crippen LogP contribution in [0.25, 0.3) is 5.69 Å². The zero-order chi connectivity index (χ0) is 20.3. The minimum absolute atomic E-state index is 0.0976. The first-order valence-electron chi connectivity index (χ1n) is 9.80. The molecule has 0 saturated carbocycles. The highest BCUT2D eigenvalue weighted by Crippen LogP contribution is 2.20. The molecule has 1 amide bonds. The summed E-state index contributed by atoms with van der Waals surface area (Å²) in [7, 11) is 0. The van der Waals surface area contributed by atoms with Crippen molar-refractivity contribution in [3.63, 3.8) is 0 Å². The lowest BCUT2D eigenvalue weighted by atomic mass is 10.0. The van der Waals surface area contributed by atoms with Gasteiger partial charge in [0.25, 0.3) is 0 Å². The number of nitrogen functional groups attached to an aromatic ring is 1. The average Bonchev–Trinajstić information content (AvgIpc) is 2.99. The van der Waals surface area contributed by atoms with Gasteiger partial charge in [0.05, 0.1) is 12.0 Å². The maximum atomic E-state index is 12.1. The summed E-state index contributed by atoms with van der Waals surface area (Å²) in [6, 6.07) is 6.20. The number of alkyl carbamates (subject to hydrolysis) is 1. The van der Waals surface area contributed by atoms with E-state index < -0.39 is 5.60 Å². The Hall–Kier alpha value is -2.54. The molecule has 1 aliphatic rings. The van der Waals surface area contributed by atoms with E-state index in [0.29, 0.717) is 0 Å². The highest BCUT2D eigenvalue weighted by atomic mass is 16.6. The van der Waals surface area contributed by atoms with Gasteiger partial charge in [-0.3, -0.25) is 4.90 Å². The van der Waals surface area contributed by atoms with Crippen molar-refractivity contribution in [3.05, 3.63) is 42.0 Å². The molecule has 0 bridgehead atoms. The van der Waals surface area contributed by atoms with E-state index >= 15 is 0 Å².